The Labute approximate surface area is 184 Å². The number of hydrogen-bond acceptors (Lipinski definition) is 5. The van der Waals surface area contributed by atoms with E-state index in [1.54, 1.807) is 11.3 Å². The van der Waals surface area contributed by atoms with Crippen molar-refractivity contribution in [3.8, 4) is 11.3 Å². The molecule has 3 aromatic rings. The number of aromatic nitrogens is 1. The van der Waals surface area contributed by atoms with Crippen molar-refractivity contribution in [2.45, 2.75) is 25.4 Å². The van der Waals surface area contributed by atoms with Crippen molar-refractivity contribution in [1.29, 1.82) is 0 Å². The van der Waals surface area contributed by atoms with E-state index in [0.717, 1.165) is 26.7 Å². The van der Waals surface area contributed by atoms with Gasteiger partial charge in [0.2, 0.25) is 5.91 Å². The number of hydrogen-bond donors (Lipinski definition) is 2. The average Bonchev–Trinajstić information content (AvgIpc) is 3.36. The molecule has 2 N–H and O–H groups in total. The molecule has 2 aromatic carbocycles. The maximum absolute atomic E-state index is 12.5. The van der Waals surface area contributed by atoms with Gasteiger partial charge >= 0.3 is 6.03 Å². The fourth-order valence-electron chi connectivity index (χ4n) is 3.36. The van der Waals surface area contributed by atoms with E-state index in [0.29, 0.717) is 13.0 Å². The normalized spacial score (nSPS) is 15.7. The van der Waals surface area contributed by atoms with E-state index in [1.165, 1.54) is 0 Å². The van der Waals surface area contributed by atoms with Crippen molar-refractivity contribution >= 4 is 29.2 Å². The summed E-state index contributed by atoms with van der Waals surface area (Å²) in [7, 11) is 0. The molecule has 0 spiro atoms. The molecule has 158 valence electrons. The lowest BCUT2D eigenvalue weighted by molar-refractivity contribution is -0.131. The van der Waals surface area contributed by atoms with Crippen LogP contribution in [0.25, 0.3) is 11.3 Å². The highest BCUT2D eigenvalue weighted by Gasteiger charge is 2.38. The smallest absolute Gasteiger partial charge is 0.325 e. The van der Waals surface area contributed by atoms with Crippen molar-refractivity contribution < 1.29 is 14.4 Å². The highest BCUT2D eigenvalue weighted by Crippen LogP contribution is 2.21. The van der Waals surface area contributed by atoms with Gasteiger partial charge in [-0.05, 0) is 5.56 Å². The van der Waals surface area contributed by atoms with Crippen LogP contribution in [0.3, 0.4) is 0 Å². The van der Waals surface area contributed by atoms with Crippen LogP contribution in [-0.4, -0.2) is 40.3 Å². The Morgan fingerprint density at radius 3 is 2.52 bits per heavy atom. The molecule has 4 rings (SSSR count). The first-order valence-electron chi connectivity index (χ1n) is 10.0. The van der Waals surface area contributed by atoms with E-state index in [4.69, 9.17) is 0 Å². The third-order valence-corrected chi connectivity index (χ3v) is 5.87. The number of rotatable bonds is 8. The monoisotopic (exact) mass is 434 g/mol. The number of nitrogens with zero attached hydrogens (tertiary/aromatic N) is 2. The van der Waals surface area contributed by atoms with Gasteiger partial charge in [0.05, 0.1) is 23.7 Å². The second kappa shape index (κ2) is 9.53. The summed E-state index contributed by atoms with van der Waals surface area (Å²) < 4.78 is 0. The van der Waals surface area contributed by atoms with E-state index in [9.17, 15) is 14.4 Å². The fraction of sp³-hybridized carbons (Fsp3) is 0.217. The average molecular weight is 435 g/mol. The molecule has 0 aliphatic carbocycles. The zero-order valence-corrected chi connectivity index (χ0v) is 17.6. The number of carbonyl (C=O) groups excluding carboxylic acids is 3. The molecule has 0 unspecified atom stereocenters. The fourth-order valence-corrected chi connectivity index (χ4v) is 4.17. The maximum Gasteiger partial charge on any atom is 0.325 e. The molecule has 7 nitrogen and oxygen atoms in total. The molecule has 1 aliphatic heterocycles. The molecule has 1 atom stereocenters. The summed E-state index contributed by atoms with van der Waals surface area (Å²) >= 11 is 1.55. The van der Waals surface area contributed by atoms with Crippen LogP contribution in [0.1, 0.15) is 17.0 Å². The van der Waals surface area contributed by atoms with E-state index in [-0.39, 0.29) is 24.8 Å². The highest BCUT2D eigenvalue weighted by molar-refractivity contribution is 7.09. The van der Waals surface area contributed by atoms with Gasteiger partial charge in [-0.3, -0.25) is 14.5 Å². The van der Waals surface area contributed by atoms with Gasteiger partial charge in [0.15, 0.2) is 0 Å². The van der Waals surface area contributed by atoms with Crippen LogP contribution in [0, 0.1) is 0 Å². The summed E-state index contributed by atoms with van der Waals surface area (Å²) in [6.45, 7) is 0.612. The van der Waals surface area contributed by atoms with E-state index in [1.807, 2.05) is 66.0 Å². The zero-order chi connectivity index (χ0) is 21.6. The molecule has 2 heterocycles. The van der Waals surface area contributed by atoms with Gasteiger partial charge in [0, 0.05) is 23.9 Å². The molecule has 31 heavy (non-hydrogen) atoms. The Hall–Kier alpha value is -3.52. The Kier molecular flexibility index (Phi) is 6.37. The van der Waals surface area contributed by atoms with Gasteiger partial charge in [-0.2, -0.15) is 0 Å². The van der Waals surface area contributed by atoms with Crippen molar-refractivity contribution in [2.75, 3.05) is 6.54 Å². The lowest BCUT2D eigenvalue weighted by Crippen LogP contribution is -2.37. The van der Waals surface area contributed by atoms with Crippen LogP contribution in [0.15, 0.2) is 66.0 Å². The first-order chi connectivity index (χ1) is 15.1. The van der Waals surface area contributed by atoms with Gasteiger partial charge < -0.3 is 10.6 Å². The summed E-state index contributed by atoms with van der Waals surface area (Å²) in [6.07, 6.45) is 0.525. The summed E-state index contributed by atoms with van der Waals surface area (Å²) in [5.41, 5.74) is 2.84. The van der Waals surface area contributed by atoms with Gasteiger partial charge in [-0.15, -0.1) is 11.3 Å². The van der Waals surface area contributed by atoms with E-state index >= 15 is 0 Å². The molecular formula is C23H22N4O3S. The molecule has 0 saturated carbocycles. The number of benzene rings is 2. The van der Waals surface area contributed by atoms with Crippen molar-refractivity contribution in [3.05, 3.63) is 76.6 Å². The molecule has 1 aromatic heterocycles. The number of imide groups is 1. The lowest BCUT2D eigenvalue weighted by Gasteiger charge is -2.13. The van der Waals surface area contributed by atoms with E-state index < -0.39 is 12.1 Å². The lowest BCUT2D eigenvalue weighted by atomic mass is 10.1. The second-order valence-corrected chi connectivity index (χ2v) is 8.15. The Morgan fingerprint density at radius 1 is 1.06 bits per heavy atom. The summed E-state index contributed by atoms with van der Waals surface area (Å²) in [5.74, 6) is -0.656. The second-order valence-electron chi connectivity index (χ2n) is 7.21. The van der Waals surface area contributed by atoms with Gasteiger partial charge in [0.25, 0.3) is 5.91 Å². The molecular weight excluding hydrogens is 412 g/mol. The zero-order valence-electron chi connectivity index (χ0n) is 16.8. The van der Waals surface area contributed by atoms with Crippen molar-refractivity contribution in [1.82, 2.24) is 20.5 Å². The quantitative estimate of drug-likeness (QED) is 0.533. The molecule has 4 amide bonds. The number of thiazole rings is 1. The molecule has 8 heteroatoms. The first kappa shape index (κ1) is 20.7. The third kappa shape index (κ3) is 5.16. The molecule has 0 bridgehead atoms. The number of carbonyl (C=O) groups is 3. The predicted molar refractivity (Wildman–Crippen MR) is 118 cm³/mol. The van der Waals surface area contributed by atoms with Crippen molar-refractivity contribution in [2.24, 2.45) is 0 Å². The van der Waals surface area contributed by atoms with Gasteiger partial charge in [0.1, 0.15) is 6.04 Å². The SMILES string of the molecule is O=C(C[C@@H]1NC(=O)N(Cc2ccccc2)C1=O)NCCc1nc(-c2ccccc2)cs1. The Morgan fingerprint density at radius 2 is 1.77 bits per heavy atom. The van der Waals surface area contributed by atoms with Crippen LogP contribution >= 0.6 is 11.3 Å². The van der Waals surface area contributed by atoms with Crippen LogP contribution in [0.5, 0.6) is 0 Å². The maximum atomic E-state index is 12.5. The van der Waals surface area contributed by atoms with Crippen LogP contribution < -0.4 is 10.6 Å². The predicted octanol–water partition coefficient (Wildman–Crippen LogP) is 2.98. The minimum atomic E-state index is -0.833. The Bertz CT molecular complexity index is 1070. The summed E-state index contributed by atoms with van der Waals surface area (Å²) in [6, 6.07) is 17.9. The van der Waals surface area contributed by atoms with Crippen LogP contribution in [-0.2, 0) is 22.6 Å². The van der Waals surface area contributed by atoms with Crippen LogP contribution in [0.4, 0.5) is 4.79 Å². The standard InChI is InChI=1S/C23H22N4O3S/c28-20(24-12-11-21-25-19(15-31-21)17-9-5-2-6-10-17)13-18-22(29)27(23(30)26-18)14-16-7-3-1-4-8-16/h1-10,15,18H,11-14H2,(H,24,28)(H,26,30)/t18-/m0/s1. The number of urea groups is 1. The first-order valence-corrected chi connectivity index (χ1v) is 10.9. The van der Waals surface area contributed by atoms with Gasteiger partial charge in [-0.1, -0.05) is 60.7 Å². The third-order valence-electron chi connectivity index (χ3n) is 4.96. The molecule has 1 aliphatic rings. The minimum Gasteiger partial charge on any atom is -0.356 e. The number of amides is 4. The Balaban J connectivity index is 1.24. The highest BCUT2D eigenvalue weighted by atomic mass is 32.1. The largest absolute Gasteiger partial charge is 0.356 e. The topological polar surface area (TPSA) is 91.4 Å². The molecule has 0 radical (unpaired) electrons. The molecule has 1 fully saturated rings. The summed E-state index contributed by atoms with van der Waals surface area (Å²) in [5, 5.41) is 8.34. The summed E-state index contributed by atoms with van der Waals surface area (Å²) in [4.78, 5) is 42.7. The van der Waals surface area contributed by atoms with Crippen LogP contribution in [0.2, 0.25) is 0 Å². The number of nitrogens with one attached hydrogen (secondary N) is 2. The minimum absolute atomic E-state index is 0.0804. The van der Waals surface area contributed by atoms with Crippen molar-refractivity contribution in [3.63, 3.8) is 0 Å². The van der Waals surface area contributed by atoms with E-state index in [2.05, 4.69) is 15.6 Å². The van der Waals surface area contributed by atoms with Gasteiger partial charge in [-0.25, -0.2) is 9.78 Å². The molecule has 1 saturated heterocycles.